The van der Waals surface area contributed by atoms with E-state index in [1.54, 1.807) is 22.8 Å². The third kappa shape index (κ3) is 4.37. The van der Waals surface area contributed by atoms with E-state index in [9.17, 15) is 15.0 Å². The molecule has 2 aromatic carbocycles. The van der Waals surface area contributed by atoms with Crippen molar-refractivity contribution in [2.24, 2.45) is 7.05 Å². The zero-order valence-electron chi connectivity index (χ0n) is 20.8. The van der Waals surface area contributed by atoms with Crippen LogP contribution in [0.3, 0.4) is 0 Å². The van der Waals surface area contributed by atoms with E-state index in [2.05, 4.69) is 48.3 Å². The highest BCUT2D eigenvalue weighted by Gasteiger charge is 2.29. The van der Waals surface area contributed by atoms with E-state index in [0.717, 1.165) is 22.5 Å². The largest absolute Gasteiger partial charge is 0.508 e. The lowest BCUT2D eigenvalue weighted by Crippen LogP contribution is -2.26. The van der Waals surface area contributed by atoms with Gasteiger partial charge in [0.1, 0.15) is 22.9 Å². The van der Waals surface area contributed by atoms with Crippen LogP contribution in [0.25, 0.3) is 11.3 Å². The van der Waals surface area contributed by atoms with E-state index in [1.807, 2.05) is 30.3 Å². The number of aromatic nitrogens is 3. The molecule has 36 heavy (non-hydrogen) atoms. The number of phenols is 2. The molecular formula is C28H29N5O3. The molecule has 0 saturated heterocycles. The number of hydrogen-bond acceptors (Lipinski definition) is 6. The lowest BCUT2D eigenvalue weighted by atomic mass is 9.86. The standard InChI is InChI=1S/C28H29N5O3/c1-28(2,3)19-9-7-17(8-10-19)21-14-25(32(4)31-21)30-22-12-20(34)13-24(35)26(22)27(36)33-15-18-6-5-11-29-23(18)16-33/h5-14,30,34-35H,15-16H2,1-4H3. The number of nitrogens with one attached hydrogen (secondary N) is 1. The first-order valence-electron chi connectivity index (χ1n) is 11.8. The van der Waals surface area contributed by atoms with Gasteiger partial charge >= 0.3 is 0 Å². The van der Waals surface area contributed by atoms with E-state index in [1.165, 1.54) is 17.7 Å². The van der Waals surface area contributed by atoms with Gasteiger partial charge in [-0.3, -0.25) is 14.5 Å². The van der Waals surface area contributed by atoms with Crippen molar-refractivity contribution in [1.82, 2.24) is 19.7 Å². The molecule has 2 aromatic heterocycles. The number of aryl methyl sites for hydroxylation is 1. The summed E-state index contributed by atoms with van der Waals surface area (Å²) in [5.74, 6) is -0.201. The molecule has 0 aliphatic carbocycles. The third-order valence-corrected chi connectivity index (χ3v) is 6.48. The molecule has 1 aliphatic heterocycles. The summed E-state index contributed by atoms with van der Waals surface area (Å²) in [5.41, 5.74) is 5.21. The number of benzene rings is 2. The minimum atomic E-state index is -0.354. The highest BCUT2D eigenvalue weighted by Crippen LogP contribution is 2.36. The lowest BCUT2D eigenvalue weighted by Gasteiger charge is -2.19. The number of hydrogen-bond donors (Lipinski definition) is 3. The van der Waals surface area contributed by atoms with Gasteiger partial charge in [-0.25, -0.2) is 0 Å². The Labute approximate surface area is 209 Å². The van der Waals surface area contributed by atoms with Crippen molar-refractivity contribution < 1.29 is 15.0 Å². The molecule has 1 aliphatic rings. The summed E-state index contributed by atoms with van der Waals surface area (Å²) < 4.78 is 1.66. The van der Waals surface area contributed by atoms with Crippen LogP contribution in [0.5, 0.6) is 11.5 Å². The number of carbonyl (C=O) groups is 1. The van der Waals surface area contributed by atoms with E-state index in [0.29, 0.717) is 24.6 Å². The van der Waals surface area contributed by atoms with Crippen LogP contribution in [-0.2, 0) is 25.6 Å². The van der Waals surface area contributed by atoms with Gasteiger partial charge in [-0.15, -0.1) is 0 Å². The predicted octanol–water partition coefficient (Wildman–Crippen LogP) is 5.09. The molecule has 0 unspecified atom stereocenters. The number of aromatic hydroxyl groups is 2. The Morgan fingerprint density at radius 2 is 1.78 bits per heavy atom. The molecule has 1 amide bonds. The maximum Gasteiger partial charge on any atom is 0.260 e. The van der Waals surface area contributed by atoms with Crippen LogP contribution in [0.1, 0.15) is 48.0 Å². The van der Waals surface area contributed by atoms with Gasteiger partial charge in [-0.2, -0.15) is 5.10 Å². The molecule has 4 aromatic rings. The molecule has 0 bridgehead atoms. The van der Waals surface area contributed by atoms with Crippen molar-refractivity contribution in [3.63, 3.8) is 0 Å². The SMILES string of the molecule is Cn1nc(-c2ccc(C(C)(C)C)cc2)cc1Nc1cc(O)cc(O)c1C(=O)N1Cc2cccnc2C1. The number of rotatable bonds is 4. The molecule has 0 spiro atoms. The summed E-state index contributed by atoms with van der Waals surface area (Å²) in [4.78, 5) is 19.5. The minimum absolute atomic E-state index is 0.0579. The van der Waals surface area contributed by atoms with Gasteiger partial charge < -0.3 is 20.4 Å². The Kier molecular flexibility index (Phi) is 5.67. The van der Waals surface area contributed by atoms with Gasteiger partial charge in [0.15, 0.2) is 0 Å². The van der Waals surface area contributed by atoms with Crippen molar-refractivity contribution >= 4 is 17.4 Å². The molecule has 0 radical (unpaired) electrons. The van der Waals surface area contributed by atoms with E-state index >= 15 is 0 Å². The number of phenolic OH excluding ortho intramolecular Hbond substituents is 2. The number of amides is 1. The molecule has 5 rings (SSSR count). The van der Waals surface area contributed by atoms with Crippen molar-refractivity contribution in [1.29, 1.82) is 0 Å². The van der Waals surface area contributed by atoms with Crippen LogP contribution in [-0.4, -0.2) is 35.8 Å². The van der Waals surface area contributed by atoms with Gasteiger partial charge in [0, 0.05) is 43.6 Å². The zero-order chi connectivity index (χ0) is 25.6. The quantitative estimate of drug-likeness (QED) is 0.374. The molecular weight excluding hydrogens is 454 g/mol. The fraction of sp³-hybridized carbons (Fsp3) is 0.250. The minimum Gasteiger partial charge on any atom is -0.508 e. The first-order chi connectivity index (χ1) is 17.1. The fourth-order valence-electron chi connectivity index (χ4n) is 4.44. The second-order valence-corrected chi connectivity index (χ2v) is 10.1. The lowest BCUT2D eigenvalue weighted by molar-refractivity contribution is 0.0748. The molecule has 3 N–H and O–H groups in total. The van der Waals surface area contributed by atoms with Crippen LogP contribution >= 0.6 is 0 Å². The molecule has 3 heterocycles. The normalized spacial score (nSPS) is 13.1. The summed E-state index contributed by atoms with van der Waals surface area (Å²) >= 11 is 0. The summed E-state index contributed by atoms with van der Waals surface area (Å²) in [6, 6.07) is 16.5. The van der Waals surface area contributed by atoms with Crippen molar-refractivity contribution in [3.05, 3.63) is 83.2 Å². The molecule has 184 valence electrons. The Bertz CT molecular complexity index is 1430. The van der Waals surface area contributed by atoms with Crippen molar-refractivity contribution in [2.45, 2.75) is 39.3 Å². The van der Waals surface area contributed by atoms with Crippen LogP contribution in [0, 0.1) is 0 Å². The second kappa shape index (κ2) is 8.71. The maximum absolute atomic E-state index is 13.5. The highest BCUT2D eigenvalue weighted by molar-refractivity contribution is 6.03. The van der Waals surface area contributed by atoms with Crippen LogP contribution in [0.2, 0.25) is 0 Å². The van der Waals surface area contributed by atoms with Crippen LogP contribution in [0.15, 0.2) is 60.8 Å². The predicted molar refractivity (Wildman–Crippen MR) is 138 cm³/mol. The van der Waals surface area contributed by atoms with Crippen molar-refractivity contribution in [3.8, 4) is 22.8 Å². The van der Waals surface area contributed by atoms with Crippen molar-refractivity contribution in [2.75, 3.05) is 5.32 Å². The molecule has 8 nitrogen and oxygen atoms in total. The van der Waals surface area contributed by atoms with Gasteiger partial charge in [-0.05, 0) is 22.6 Å². The summed E-state index contributed by atoms with van der Waals surface area (Å²) in [5, 5.41) is 28.6. The average Bonchev–Trinajstić information content (AvgIpc) is 3.42. The van der Waals surface area contributed by atoms with Gasteiger partial charge in [0.25, 0.3) is 5.91 Å². The van der Waals surface area contributed by atoms with Gasteiger partial charge in [0.05, 0.1) is 23.6 Å². The smallest absolute Gasteiger partial charge is 0.260 e. The summed E-state index contributed by atoms with van der Waals surface area (Å²) in [6.45, 7) is 7.28. The fourth-order valence-corrected chi connectivity index (χ4v) is 4.44. The Hall–Kier alpha value is -4.33. The average molecular weight is 484 g/mol. The van der Waals surface area contributed by atoms with E-state index in [4.69, 9.17) is 0 Å². The number of pyridine rings is 1. The van der Waals surface area contributed by atoms with Gasteiger partial charge in [0.2, 0.25) is 0 Å². The number of carbonyl (C=O) groups excluding carboxylic acids is 1. The molecule has 8 heteroatoms. The Morgan fingerprint density at radius 3 is 2.47 bits per heavy atom. The summed E-state index contributed by atoms with van der Waals surface area (Å²) in [7, 11) is 1.79. The first-order valence-corrected chi connectivity index (χ1v) is 11.8. The van der Waals surface area contributed by atoms with Gasteiger partial charge in [-0.1, -0.05) is 51.1 Å². The van der Waals surface area contributed by atoms with E-state index in [-0.39, 0.29) is 28.4 Å². The monoisotopic (exact) mass is 483 g/mol. The number of anilines is 2. The Morgan fingerprint density at radius 1 is 1.03 bits per heavy atom. The topological polar surface area (TPSA) is 104 Å². The third-order valence-electron chi connectivity index (χ3n) is 6.48. The Balaban J connectivity index is 1.44. The number of nitrogens with zero attached hydrogens (tertiary/aromatic N) is 4. The van der Waals surface area contributed by atoms with E-state index < -0.39 is 0 Å². The molecule has 0 fully saturated rings. The second-order valence-electron chi connectivity index (χ2n) is 10.1. The van der Waals surface area contributed by atoms with Crippen LogP contribution < -0.4 is 5.32 Å². The molecule has 0 atom stereocenters. The summed E-state index contributed by atoms with van der Waals surface area (Å²) in [6.07, 6.45) is 1.70. The maximum atomic E-state index is 13.5. The first kappa shape index (κ1) is 23.4. The zero-order valence-corrected chi connectivity index (χ0v) is 20.8. The molecule has 0 saturated carbocycles. The highest BCUT2D eigenvalue weighted by atomic mass is 16.3. The van der Waals surface area contributed by atoms with Crippen LogP contribution in [0.4, 0.5) is 11.5 Å². The number of fused-ring (bicyclic) bond motifs is 1.